The molecule has 0 saturated carbocycles. The Morgan fingerprint density at radius 2 is 1.74 bits per heavy atom. The summed E-state index contributed by atoms with van der Waals surface area (Å²) in [6, 6.07) is 10.3. The number of aromatic nitrogens is 2. The van der Waals surface area contributed by atoms with Crippen molar-refractivity contribution in [2.24, 2.45) is 0 Å². The number of hydrogen-bond acceptors (Lipinski definition) is 4. The summed E-state index contributed by atoms with van der Waals surface area (Å²) in [5.41, 5.74) is 1.21. The molecule has 120 valence electrons. The summed E-state index contributed by atoms with van der Waals surface area (Å²) < 4.78 is 0. The summed E-state index contributed by atoms with van der Waals surface area (Å²) in [5, 5.41) is 5.52. The van der Waals surface area contributed by atoms with Crippen molar-refractivity contribution in [3.8, 4) is 0 Å². The van der Waals surface area contributed by atoms with Gasteiger partial charge in [-0.3, -0.25) is 14.6 Å². The first kappa shape index (κ1) is 16.6. The lowest BCUT2D eigenvalue weighted by molar-refractivity contribution is 0.0942. The van der Waals surface area contributed by atoms with Gasteiger partial charge in [-0.25, -0.2) is 4.98 Å². The summed E-state index contributed by atoms with van der Waals surface area (Å²) in [5.74, 6) is -0.600. The van der Waals surface area contributed by atoms with E-state index >= 15 is 0 Å². The normalized spacial score (nSPS) is 10.1. The molecule has 6 heteroatoms. The number of rotatable bonds is 7. The van der Waals surface area contributed by atoms with Crippen LogP contribution in [0.1, 0.15) is 46.4 Å². The molecule has 6 nitrogen and oxygen atoms in total. The van der Waals surface area contributed by atoms with Crippen molar-refractivity contribution < 1.29 is 9.59 Å². The van der Waals surface area contributed by atoms with E-state index in [0.717, 1.165) is 18.5 Å². The maximum Gasteiger partial charge on any atom is 0.270 e. The summed E-state index contributed by atoms with van der Waals surface area (Å²) >= 11 is 0. The van der Waals surface area contributed by atoms with Gasteiger partial charge in [0.15, 0.2) is 0 Å². The Kier molecular flexibility index (Phi) is 6.23. The van der Waals surface area contributed by atoms with E-state index < -0.39 is 0 Å². The Bertz CT molecular complexity index is 659. The Morgan fingerprint density at radius 1 is 1.00 bits per heavy atom. The van der Waals surface area contributed by atoms with E-state index in [1.54, 1.807) is 24.4 Å². The fraction of sp³-hybridized carbons (Fsp3) is 0.294. The third kappa shape index (κ3) is 5.18. The van der Waals surface area contributed by atoms with Crippen molar-refractivity contribution >= 4 is 11.8 Å². The van der Waals surface area contributed by atoms with Gasteiger partial charge in [-0.05, 0) is 30.7 Å². The number of carbonyl (C=O) groups excluding carboxylic acids is 2. The number of amides is 2. The lowest BCUT2D eigenvalue weighted by atomic mass is 10.2. The molecule has 0 saturated heterocycles. The van der Waals surface area contributed by atoms with Crippen LogP contribution < -0.4 is 10.6 Å². The number of pyridine rings is 2. The maximum atomic E-state index is 12.1. The van der Waals surface area contributed by atoms with Gasteiger partial charge in [-0.15, -0.1) is 0 Å². The Morgan fingerprint density at radius 3 is 2.39 bits per heavy atom. The van der Waals surface area contributed by atoms with Gasteiger partial charge in [0.25, 0.3) is 11.8 Å². The second-order valence-electron chi connectivity index (χ2n) is 5.02. The molecule has 0 bridgehead atoms. The van der Waals surface area contributed by atoms with Crippen LogP contribution in [0.2, 0.25) is 0 Å². The molecular weight excluding hydrogens is 292 g/mol. The van der Waals surface area contributed by atoms with E-state index in [1.807, 2.05) is 18.2 Å². The first-order chi connectivity index (χ1) is 11.2. The molecule has 0 atom stereocenters. The topological polar surface area (TPSA) is 84.0 Å². The molecule has 0 unspecified atom stereocenters. The van der Waals surface area contributed by atoms with Gasteiger partial charge < -0.3 is 10.6 Å². The molecule has 0 fully saturated rings. The van der Waals surface area contributed by atoms with Crippen LogP contribution in [-0.2, 0) is 6.54 Å². The van der Waals surface area contributed by atoms with Gasteiger partial charge in [0.2, 0.25) is 0 Å². The fourth-order valence-electron chi connectivity index (χ4n) is 1.92. The van der Waals surface area contributed by atoms with Crippen molar-refractivity contribution in [3.63, 3.8) is 0 Å². The summed E-state index contributed by atoms with van der Waals surface area (Å²) in [7, 11) is 0. The second-order valence-corrected chi connectivity index (χ2v) is 5.02. The van der Waals surface area contributed by atoms with Gasteiger partial charge in [0.05, 0.1) is 12.2 Å². The lowest BCUT2D eigenvalue weighted by Crippen LogP contribution is -2.28. The average molecular weight is 312 g/mol. The van der Waals surface area contributed by atoms with E-state index in [4.69, 9.17) is 0 Å². The molecule has 2 amide bonds. The van der Waals surface area contributed by atoms with Crippen LogP contribution in [0.25, 0.3) is 0 Å². The monoisotopic (exact) mass is 312 g/mol. The minimum absolute atomic E-state index is 0.212. The SMILES string of the molecule is CCCCNC(=O)c1cccc(C(=O)NCc2ccccn2)n1. The summed E-state index contributed by atoms with van der Waals surface area (Å²) in [6.45, 7) is 2.97. The molecule has 2 rings (SSSR count). The van der Waals surface area contributed by atoms with Crippen LogP contribution >= 0.6 is 0 Å². The highest BCUT2D eigenvalue weighted by molar-refractivity contribution is 5.96. The number of nitrogens with zero attached hydrogens (tertiary/aromatic N) is 2. The fourth-order valence-corrected chi connectivity index (χ4v) is 1.92. The van der Waals surface area contributed by atoms with Gasteiger partial charge in [-0.1, -0.05) is 25.5 Å². The average Bonchev–Trinajstić information content (AvgIpc) is 2.61. The van der Waals surface area contributed by atoms with Crippen LogP contribution in [0.4, 0.5) is 0 Å². The first-order valence-corrected chi connectivity index (χ1v) is 7.64. The predicted octanol–water partition coefficient (Wildman–Crippen LogP) is 1.94. The molecule has 2 aromatic rings. The molecule has 2 heterocycles. The highest BCUT2D eigenvalue weighted by Gasteiger charge is 2.12. The smallest absolute Gasteiger partial charge is 0.270 e. The zero-order valence-corrected chi connectivity index (χ0v) is 13.1. The van der Waals surface area contributed by atoms with Gasteiger partial charge in [0, 0.05) is 12.7 Å². The molecule has 23 heavy (non-hydrogen) atoms. The van der Waals surface area contributed by atoms with Crippen molar-refractivity contribution in [3.05, 3.63) is 59.7 Å². The standard InChI is InChI=1S/C17H20N4O2/c1-2-3-10-19-16(22)14-8-6-9-15(21-14)17(23)20-12-13-7-4-5-11-18-13/h4-9,11H,2-3,10,12H2,1H3,(H,19,22)(H,20,23). The third-order valence-corrected chi connectivity index (χ3v) is 3.19. The maximum absolute atomic E-state index is 12.1. The van der Waals surface area contributed by atoms with E-state index in [1.165, 1.54) is 0 Å². The highest BCUT2D eigenvalue weighted by atomic mass is 16.2. The molecule has 0 aliphatic heterocycles. The minimum atomic E-state index is -0.334. The zero-order valence-electron chi connectivity index (χ0n) is 13.1. The van der Waals surface area contributed by atoms with Gasteiger partial charge in [0.1, 0.15) is 11.4 Å². The molecule has 0 aliphatic rings. The van der Waals surface area contributed by atoms with Gasteiger partial charge >= 0.3 is 0 Å². The van der Waals surface area contributed by atoms with E-state index in [0.29, 0.717) is 13.1 Å². The largest absolute Gasteiger partial charge is 0.351 e. The molecule has 2 aromatic heterocycles. The van der Waals surface area contributed by atoms with Crippen LogP contribution in [0.15, 0.2) is 42.6 Å². The van der Waals surface area contributed by atoms with Gasteiger partial charge in [-0.2, -0.15) is 0 Å². The molecular formula is C17H20N4O2. The third-order valence-electron chi connectivity index (χ3n) is 3.19. The Hall–Kier alpha value is -2.76. The van der Waals surface area contributed by atoms with Crippen molar-refractivity contribution in [2.45, 2.75) is 26.3 Å². The Balaban J connectivity index is 1.95. The van der Waals surface area contributed by atoms with E-state index in [-0.39, 0.29) is 23.2 Å². The quantitative estimate of drug-likeness (QED) is 0.765. The second kappa shape index (κ2) is 8.63. The number of nitrogens with one attached hydrogen (secondary N) is 2. The molecule has 2 N–H and O–H groups in total. The molecule has 0 aromatic carbocycles. The summed E-state index contributed by atoms with van der Waals surface area (Å²) in [6.07, 6.45) is 3.58. The highest BCUT2D eigenvalue weighted by Crippen LogP contribution is 2.01. The molecule has 0 aliphatic carbocycles. The van der Waals surface area contributed by atoms with E-state index in [2.05, 4.69) is 27.5 Å². The molecule has 0 spiro atoms. The van der Waals surface area contributed by atoms with Crippen LogP contribution in [0.3, 0.4) is 0 Å². The van der Waals surface area contributed by atoms with Crippen LogP contribution in [0, 0.1) is 0 Å². The van der Waals surface area contributed by atoms with Crippen LogP contribution in [-0.4, -0.2) is 28.3 Å². The number of carbonyl (C=O) groups is 2. The number of unbranched alkanes of at least 4 members (excludes halogenated alkanes) is 1. The Labute approximate surface area is 135 Å². The van der Waals surface area contributed by atoms with Crippen molar-refractivity contribution in [1.82, 2.24) is 20.6 Å². The first-order valence-electron chi connectivity index (χ1n) is 7.64. The van der Waals surface area contributed by atoms with Crippen molar-refractivity contribution in [2.75, 3.05) is 6.54 Å². The van der Waals surface area contributed by atoms with Crippen LogP contribution in [0.5, 0.6) is 0 Å². The van der Waals surface area contributed by atoms with E-state index in [9.17, 15) is 9.59 Å². The van der Waals surface area contributed by atoms with Crippen molar-refractivity contribution in [1.29, 1.82) is 0 Å². The number of hydrogen-bond donors (Lipinski definition) is 2. The predicted molar refractivity (Wildman–Crippen MR) is 86.9 cm³/mol. The lowest BCUT2D eigenvalue weighted by Gasteiger charge is -2.07. The molecule has 0 radical (unpaired) electrons. The minimum Gasteiger partial charge on any atom is -0.351 e. The zero-order chi connectivity index (χ0) is 16.5. The summed E-state index contributed by atoms with van der Waals surface area (Å²) in [4.78, 5) is 32.3.